The van der Waals surface area contributed by atoms with Gasteiger partial charge in [0.15, 0.2) is 5.76 Å². The van der Waals surface area contributed by atoms with Gasteiger partial charge in [0.2, 0.25) is 11.5 Å². The first kappa shape index (κ1) is 22.4. The van der Waals surface area contributed by atoms with Gasteiger partial charge >= 0.3 is 11.9 Å². The Hall–Kier alpha value is -4.36. The Morgan fingerprint density at radius 1 is 0.971 bits per heavy atom. The van der Waals surface area contributed by atoms with Crippen LogP contribution in [0.1, 0.15) is 42.4 Å². The first-order valence-electron chi connectivity index (χ1n) is 10.5. The lowest BCUT2D eigenvalue weighted by atomic mass is 10.1. The Bertz CT molecular complexity index is 1540. The van der Waals surface area contributed by atoms with Gasteiger partial charge in [0.1, 0.15) is 17.1 Å². The normalized spacial score (nSPS) is 13.6. The maximum atomic E-state index is 12.9. The molecule has 0 amide bonds. The number of hydrogen-bond donors (Lipinski definition) is 0. The molecule has 0 aliphatic carbocycles. The second-order valence-corrected chi connectivity index (χ2v) is 8.24. The zero-order valence-corrected chi connectivity index (χ0v) is 19.3. The molecule has 8 heteroatoms. The molecule has 1 aliphatic rings. The fourth-order valence-electron chi connectivity index (χ4n) is 3.73. The molecular formula is C27H17ClO7. The molecule has 0 N–H and O–H groups in total. The first-order valence-corrected chi connectivity index (χ1v) is 10.9. The number of esters is 2. The summed E-state index contributed by atoms with van der Waals surface area (Å²) in [5.74, 6) is -0.744. The number of ether oxygens (including phenoxy) is 3. The number of furan rings is 1. The maximum Gasteiger partial charge on any atom is 0.379 e. The zero-order chi connectivity index (χ0) is 24.7. The molecule has 4 aromatic rings. The van der Waals surface area contributed by atoms with Crippen LogP contribution < -0.4 is 9.47 Å². The summed E-state index contributed by atoms with van der Waals surface area (Å²) in [5.41, 5.74) is 2.43. The van der Waals surface area contributed by atoms with Gasteiger partial charge < -0.3 is 18.6 Å². The summed E-state index contributed by atoms with van der Waals surface area (Å²) in [6, 6.07) is 16.2. The molecule has 174 valence electrons. The lowest BCUT2D eigenvalue weighted by molar-refractivity contribution is 0.0600. The standard InChI is InChI=1S/C27H17ClO7/c1-14-20(35-27(31)23-13-17-12-18(28)7-9-21(17)33-23)10-8-19-24(29)22(34-25(14)19)11-15-3-5-16(6-4-15)26(30)32-2/h3-13H,1-2H3/b22-11-. The minimum absolute atomic E-state index is 0.0233. The Morgan fingerprint density at radius 2 is 1.74 bits per heavy atom. The number of fused-ring (bicyclic) bond motifs is 2. The Labute approximate surface area is 204 Å². The second kappa shape index (κ2) is 8.77. The van der Waals surface area contributed by atoms with Crippen LogP contribution in [0.15, 0.2) is 70.8 Å². The third-order valence-corrected chi connectivity index (χ3v) is 5.78. The van der Waals surface area contributed by atoms with Gasteiger partial charge in [-0.3, -0.25) is 4.79 Å². The van der Waals surface area contributed by atoms with Crippen molar-refractivity contribution in [3.05, 3.63) is 99.5 Å². The fourth-order valence-corrected chi connectivity index (χ4v) is 3.91. The summed E-state index contributed by atoms with van der Waals surface area (Å²) in [5, 5.41) is 1.20. The van der Waals surface area contributed by atoms with Crippen LogP contribution in [0.3, 0.4) is 0 Å². The van der Waals surface area contributed by atoms with Crippen molar-refractivity contribution < 1.29 is 33.0 Å². The minimum Gasteiger partial charge on any atom is -0.465 e. The van der Waals surface area contributed by atoms with Crippen molar-refractivity contribution in [1.82, 2.24) is 0 Å². The van der Waals surface area contributed by atoms with Crippen molar-refractivity contribution in [1.29, 1.82) is 0 Å². The number of carbonyl (C=O) groups is 3. The van der Waals surface area contributed by atoms with Crippen molar-refractivity contribution in [3.63, 3.8) is 0 Å². The van der Waals surface area contributed by atoms with E-state index < -0.39 is 11.9 Å². The molecular weight excluding hydrogens is 472 g/mol. The molecule has 2 heterocycles. The van der Waals surface area contributed by atoms with Gasteiger partial charge in [-0.15, -0.1) is 0 Å². The molecule has 1 aliphatic heterocycles. The lowest BCUT2D eigenvalue weighted by Crippen LogP contribution is -2.08. The maximum absolute atomic E-state index is 12.9. The van der Waals surface area contributed by atoms with Gasteiger partial charge in [0.25, 0.3) is 0 Å². The average molecular weight is 489 g/mol. The molecule has 35 heavy (non-hydrogen) atoms. The molecule has 7 nitrogen and oxygen atoms in total. The third kappa shape index (κ3) is 4.18. The summed E-state index contributed by atoms with van der Waals surface area (Å²) in [7, 11) is 1.31. The molecule has 0 bridgehead atoms. The monoisotopic (exact) mass is 488 g/mol. The average Bonchev–Trinajstić information content (AvgIpc) is 3.42. The Balaban J connectivity index is 1.38. The van der Waals surface area contributed by atoms with Crippen LogP contribution in [0, 0.1) is 6.92 Å². The van der Waals surface area contributed by atoms with Gasteiger partial charge in [0, 0.05) is 16.0 Å². The van der Waals surface area contributed by atoms with E-state index in [1.807, 2.05) is 0 Å². The number of carbonyl (C=O) groups excluding carboxylic acids is 3. The van der Waals surface area contributed by atoms with Gasteiger partial charge in [-0.2, -0.15) is 0 Å². The van der Waals surface area contributed by atoms with Crippen LogP contribution in [-0.2, 0) is 4.74 Å². The lowest BCUT2D eigenvalue weighted by Gasteiger charge is -2.09. The number of benzene rings is 3. The van der Waals surface area contributed by atoms with Crippen molar-refractivity contribution in [2.45, 2.75) is 6.92 Å². The highest BCUT2D eigenvalue weighted by atomic mass is 35.5. The van der Waals surface area contributed by atoms with E-state index in [-0.39, 0.29) is 23.1 Å². The summed E-state index contributed by atoms with van der Waals surface area (Å²) >= 11 is 5.99. The van der Waals surface area contributed by atoms with Crippen LogP contribution in [0.5, 0.6) is 11.5 Å². The molecule has 0 fully saturated rings. The topological polar surface area (TPSA) is 92.0 Å². The predicted molar refractivity (Wildman–Crippen MR) is 128 cm³/mol. The van der Waals surface area contributed by atoms with Crippen molar-refractivity contribution in [2.24, 2.45) is 0 Å². The summed E-state index contributed by atoms with van der Waals surface area (Å²) in [6.07, 6.45) is 1.58. The Kier molecular flexibility index (Phi) is 5.62. The largest absolute Gasteiger partial charge is 0.465 e. The van der Waals surface area contributed by atoms with Crippen molar-refractivity contribution in [2.75, 3.05) is 7.11 Å². The number of allylic oxidation sites excluding steroid dienone is 1. The zero-order valence-electron chi connectivity index (χ0n) is 18.6. The van der Waals surface area contributed by atoms with Crippen molar-refractivity contribution in [3.8, 4) is 11.5 Å². The molecule has 0 unspecified atom stereocenters. The summed E-state index contributed by atoms with van der Waals surface area (Å²) in [6.45, 7) is 1.70. The van der Waals surface area contributed by atoms with E-state index in [2.05, 4.69) is 4.74 Å². The van der Waals surface area contributed by atoms with Crippen LogP contribution >= 0.6 is 11.6 Å². The molecule has 0 saturated heterocycles. The van der Waals surface area contributed by atoms with E-state index >= 15 is 0 Å². The van der Waals surface area contributed by atoms with E-state index in [0.29, 0.717) is 44.0 Å². The van der Waals surface area contributed by atoms with Crippen LogP contribution in [0.25, 0.3) is 17.0 Å². The van der Waals surface area contributed by atoms with Crippen LogP contribution in [0.2, 0.25) is 5.02 Å². The highest BCUT2D eigenvalue weighted by Gasteiger charge is 2.31. The number of hydrogen-bond acceptors (Lipinski definition) is 7. The summed E-state index contributed by atoms with van der Waals surface area (Å²) < 4.78 is 21.6. The fraction of sp³-hybridized carbons (Fsp3) is 0.0741. The molecule has 0 saturated carbocycles. The molecule has 0 atom stereocenters. The first-order chi connectivity index (χ1) is 16.8. The molecule has 0 radical (unpaired) electrons. The highest BCUT2D eigenvalue weighted by Crippen LogP contribution is 2.39. The van der Waals surface area contributed by atoms with E-state index in [4.69, 9.17) is 25.5 Å². The van der Waals surface area contributed by atoms with E-state index in [0.717, 1.165) is 0 Å². The number of ketones is 1. The van der Waals surface area contributed by atoms with Gasteiger partial charge in [0.05, 0.1) is 18.2 Å². The van der Waals surface area contributed by atoms with E-state index in [9.17, 15) is 14.4 Å². The van der Waals surface area contributed by atoms with E-state index in [1.54, 1.807) is 73.7 Å². The van der Waals surface area contributed by atoms with E-state index in [1.165, 1.54) is 7.11 Å². The van der Waals surface area contributed by atoms with Gasteiger partial charge in [-0.25, -0.2) is 9.59 Å². The smallest absolute Gasteiger partial charge is 0.379 e. The number of halogens is 1. The number of rotatable bonds is 4. The third-order valence-electron chi connectivity index (χ3n) is 5.55. The SMILES string of the molecule is COC(=O)c1ccc(/C=C2\Oc3c(ccc(OC(=O)c4cc5cc(Cl)ccc5o4)c3C)C2=O)cc1. The van der Waals surface area contributed by atoms with Crippen LogP contribution in [0.4, 0.5) is 0 Å². The van der Waals surface area contributed by atoms with Gasteiger partial charge in [-0.05, 0) is 67.1 Å². The minimum atomic E-state index is -0.689. The molecule has 5 rings (SSSR count). The molecule has 0 spiro atoms. The number of methoxy groups -OCH3 is 1. The van der Waals surface area contributed by atoms with Crippen molar-refractivity contribution >= 4 is 46.4 Å². The van der Waals surface area contributed by atoms with Gasteiger partial charge in [-0.1, -0.05) is 23.7 Å². The molecule has 3 aromatic carbocycles. The number of Topliss-reactive ketones (excluding diaryl/α,β-unsaturated/α-hetero) is 1. The molecule has 1 aromatic heterocycles. The Morgan fingerprint density at radius 3 is 2.49 bits per heavy atom. The quantitative estimate of drug-likeness (QED) is 0.197. The summed E-state index contributed by atoms with van der Waals surface area (Å²) in [4.78, 5) is 37.1. The predicted octanol–water partition coefficient (Wildman–Crippen LogP) is 6.02. The van der Waals surface area contributed by atoms with Crippen LogP contribution in [-0.4, -0.2) is 24.8 Å². The highest BCUT2D eigenvalue weighted by molar-refractivity contribution is 6.31. The second-order valence-electron chi connectivity index (χ2n) is 7.80.